The Labute approximate surface area is 188 Å². The van der Waals surface area contributed by atoms with E-state index in [-0.39, 0.29) is 6.03 Å². The Morgan fingerprint density at radius 1 is 0.844 bits per heavy atom. The molecular formula is C23H30N6O3. The minimum absolute atomic E-state index is 0.103. The maximum Gasteiger partial charge on any atom is 0.321 e. The van der Waals surface area contributed by atoms with Gasteiger partial charge in [0.15, 0.2) is 11.5 Å². The number of amides is 2. The third-order valence-corrected chi connectivity index (χ3v) is 6.18. The molecule has 1 N–H and O–H groups in total. The minimum Gasteiger partial charge on any atom is -0.486 e. The Bertz CT molecular complexity index is 970. The number of benzene rings is 1. The number of carbonyl (C=O) groups is 1. The van der Waals surface area contributed by atoms with Crippen LogP contribution in [0.25, 0.3) is 0 Å². The van der Waals surface area contributed by atoms with Crippen LogP contribution in [0.1, 0.15) is 25.1 Å². The Kier molecular flexibility index (Phi) is 5.87. The van der Waals surface area contributed by atoms with Gasteiger partial charge in [-0.1, -0.05) is 0 Å². The average Bonchev–Trinajstić information content (AvgIpc) is 2.84. The normalized spacial score (nSPS) is 18.5. The van der Waals surface area contributed by atoms with E-state index in [0.717, 1.165) is 43.6 Å². The van der Waals surface area contributed by atoms with E-state index in [9.17, 15) is 4.79 Å². The molecule has 0 atom stereocenters. The van der Waals surface area contributed by atoms with Crippen molar-refractivity contribution in [2.45, 2.75) is 26.2 Å². The van der Waals surface area contributed by atoms with Crippen molar-refractivity contribution >= 4 is 23.4 Å². The third-order valence-electron chi connectivity index (χ3n) is 6.18. The largest absolute Gasteiger partial charge is 0.486 e. The fourth-order valence-electron chi connectivity index (χ4n) is 4.45. The first kappa shape index (κ1) is 20.7. The van der Waals surface area contributed by atoms with Crippen molar-refractivity contribution in [2.75, 3.05) is 67.6 Å². The second kappa shape index (κ2) is 9.10. The number of anilines is 3. The van der Waals surface area contributed by atoms with Gasteiger partial charge in [0.25, 0.3) is 0 Å². The number of fused-ring (bicyclic) bond motifs is 1. The lowest BCUT2D eigenvalue weighted by atomic mass is 10.1. The van der Waals surface area contributed by atoms with E-state index in [4.69, 9.17) is 9.47 Å². The number of carbonyl (C=O) groups excluding carboxylic acids is 1. The summed E-state index contributed by atoms with van der Waals surface area (Å²) in [5, 5.41) is 2.98. The lowest BCUT2D eigenvalue weighted by molar-refractivity contribution is 0.171. The topological polar surface area (TPSA) is 83.1 Å². The number of aryl methyl sites for hydroxylation is 1. The highest BCUT2D eigenvalue weighted by Gasteiger charge is 2.24. The molecule has 0 aliphatic carbocycles. The fourth-order valence-corrected chi connectivity index (χ4v) is 4.45. The number of aromatic nitrogens is 2. The maximum atomic E-state index is 12.8. The van der Waals surface area contributed by atoms with E-state index in [1.807, 2.05) is 30.0 Å². The van der Waals surface area contributed by atoms with E-state index in [1.54, 1.807) is 0 Å². The minimum atomic E-state index is -0.103. The van der Waals surface area contributed by atoms with Gasteiger partial charge in [-0.3, -0.25) is 0 Å². The summed E-state index contributed by atoms with van der Waals surface area (Å²) < 4.78 is 11.1. The molecule has 170 valence electrons. The molecule has 0 spiro atoms. The molecule has 0 radical (unpaired) electrons. The van der Waals surface area contributed by atoms with Crippen LogP contribution in [0.15, 0.2) is 24.3 Å². The third kappa shape index (κ3) is 4.51. The molecule has 32 heavy (non-hydrogen) atoms. The summed E-state index contributed by atoms with van der Waals surface area (Å²) in [6.07, 6.45) is 3.73. The lowest BCUT2D eigenvalue weighted by Gasteiger charge is -2.36. The molecule has 9 nitrogen and oxygen atoms in total. The number of hydrogen-bond acceptors (Lipinski definition) is 7. The quantitative estimate of drug-likeness (QED) is 0.789. The molecule has 2 amide bonds. The number of piperazine rings is 1. The summed E-state index contributed by atoms with van der Waals surface area (Å²) in [5.41, 5.74) is 0.708. The molecule has 2 saturated heterocycles. The first-order valence-electron chi connectivity index (χ1n) is 11.5. The van der Waals surface area contributed by atoms with Crippen LogP contribution in [0.5, 0.6) is 11.5 Å². The number of urea groups is 1. The van der Waals surface area contributed by atoms with E-state index in [1.165, 1.54) is 19.3 Å². The fraction of sp³-hybridized carbons (Fsp3) is 0.522. The molecular weight excluding hydrogens is 408 g/mol. The summed E-state index contributed by atoms with van der Waals surface area (Å²) >= 11 is 0. The molecule has 2 aromatic rings. The van der Waals surface area contributed by atoms with Crippen molar-refractivity contribution in [3.05, 3.63) is 30.1 Å². The Hall–Kier alpha value is -3.23. The predicted molar refractivity (Wildman–Crippen MR) is 123 cm³/mol. The van der Waals surface area contributed by atoms with E-state index >= 15 is 0 Å². The molecule has 0 saturated carbocycles. The molecule has 5 rings (SSSR count). The van der Waals surface area contributed by atoms with Crippen molar-refractivity contribution in [3.63, 3.8) is 0 Å². The summed E-state index contributed by atoms with van der Waals surface area (Å²) in [6.45, 7) is 7.90. The zero-order valence-electron chi connectivity index (χ0n) is 18.5. The second-order valence-electron chi connectivity index (χ2n) is 8.44. The number of nitrogens with one attached hydrogen (secondary N) is 1. The van der Waals surface area contributed by atoms with Crippen LogP contribution in [0.2, 0.25) is 0 Å². The zero-order chi connectivity index (χ0) is 21.9. The maximum absolute atomic E-state index is 12.8. The number of piperidine rings is 1. The van der Waals surface area contributed by atoms with Crippen molar-refractivity contribution in [1.82, 2.24) is 14.9 Å². The van der Waals surface area contributed by atoms with Crippen molar-refractivity contribution < 1.29 is 14.3 Å². The standard InChI is InChI=1S/C23H30N6O3/c1-17-24-21(27-7-3-2-4-8-27)16-22(25-17)28-9-11-29(12-10-28)23(30)26-18-5-6-19-20(15-18)32-14-13-31-19/h5-6,15-16H,2-4,7-14H2,1H3,(H,26,30). The number of nitrogens with zero attached hydrogens (tertiary/aromatic N) is 5. The van der Waals surface area contributed by atoms with Crippen molar-refractivity contribution in [1.29, 1.82) is 0 Å². The van der Waals surface area contributed by atoms with Crippen LogP contribution < -0.4 is 24.6 Å². The van der Waals surface area contributed by atoms with Crippen molar-refractivity contribution in [3.8, 4) is 11.5 Å². The van der Waals surface area contributed by atoms with Gasteiger partial charge < -0.3 is 29.5 Å². The van der Waals surface area contributed by atoms with Gasteiger partial charge in [-0.15, -0.1) is 0 Å². The van der Waals surface area contributed by atoms with Crippen LogP contribution in [0, 0.1) is 6.92 Å². The van der Waals surface area contributed by atoms with Gasteiger partial charge in [0, 0.05) is 57.1 Å². The van der Waals surface area contributed by atoms with Crippen LogP contribution in [-0.2, 0) is 0 Å². The molecule has 9 heteroatoms. The highest BCUT2D eigenvalue weighted by molar-refractivity contribution is 5.90. The molecule has 1 aromatic carbocycles. The van der Waals surface area contributed by atoms with E-state index < -0.39 is 0 Å². The first-order valence-corrected chi connectivity index (χ1v) is 11.5. The Morgan fingerprint density at radius 2 is 1.50 bits per heavy atom. The number of ether oxygens (including phenoxy) is 2. The van der Waals surface area contributed by atoms with Gasteiger partial charge in [-0.2, -0.15) is 0 Å². The summed E-state index contributed by atoms with van der Waals surface area (Å²) in [4.78, 5) is 28.6. The summed E-state index contributed by atoms with van der Waals surface area (Å²) in [7, 11) is 0. The first-order chi connectivity index (χ1) is 15.7. The Morgan fingerprint density at radius 3 is 2.22 bits per heavy atom. The van der Waals surface area contributed by atoms with Crippen molar-refractivity contribution in [2.24, 2.45) is 0 Å². The predicted octanol–water partition coefficient (Wildman–Crippen LogP) is 2.90. The number of rotatable bonds is 3. The highest BCUT2D eigenvalue weighted by Crippen LogP contribution is 2.32. The number of hydrogen-bond donors (Lipinski definition) is 1. The van der Waals surface area contributed by atoms with E-state index in [0.29, 0.717) is 43.5 Å². The SMILES string of the molecule is Cc1nc(N2CCCCC2)cc(N2CCN(C(=O)Nc3ccc4c(c3)OCCO4)CC2)n1. The highest BCUT2D eigenvalue weighted by atomic mass is 16.6. The molecule has 2 fully saturated rings. The summed E-state index contributed by atoms with van der Waals surface area (Å²) in [6, 6.07) is 7.49. The molecule has 0 unspecified atom stereocenters. The summed E-state index contributed by atoms with van der Waals surface area (Å²) in [5.74, 6) is 4.15. The molecule has 3 aliphatic heterocycles. The monoisotopic (exact) mass is 438 g/mol. The molecule has 1 aromatic heterocycles. The van der Waals surface area contributed by atoms with Crippen LogP contribution in [-0.4, -0.2) is 73.4 Å². The lowest BCUT2D eigenvalue weighted by Crippen LogP contribution is -2.50. The van der Waals surface area contributed by atoms with Gasteiger partial charge >= 0.3 is 6.03 Å². The van der Waals surface area contributed by atoms with Crippen LogP contribution >= 0.6 is 0 Å². The van der Waals surface area contributed by atoms with Crippen LogP contribution in [0.3, 0.4) is 0 Å². The molecule has 3 aliphatic rings. The smallest absolute Gasteiger partial charge is 0.321 e. The van der Waals surface area contributed by atoms with Gasteiger partial charge in [0.2, 0.25) is 0 Å². The average molecular weight is 439 g/mol. The van der Waals surface area contributed by atoms with Gasteiger partial charge in [0.05, 0.1) is 0 Å². The van der Waals surface area contributed by atoms with Gasteiger partial charge in [-0.05, 0) is 38.3 Å². The van der Waals surface area contributed by atoms with Gasteiger partial charge in [-0.25, -0.2) is 14.8 Å². The van der Waals surface area contributed by atoms with Gasteiger partial charge in [0.1, 0.15) is 30.7 Å². The van der Waals surface area contributed by atoms with Crippen LogP contribution in [0.4, 0.5) is 22.1 Å². The molecule has 4 heterocycles. The second-order valence-corrected chi connectivity index (χ2v) is 8.44. The van der Waals surface area contributed by atoms with E-state index in [2.05, 4.69) is 31.2 Å². The molecule has 0 bridgehead atoms. The Balaban J connectivity index is 1.19. The zero-order valence-corrected chi connectivity index (χ0v) is 18.5.